The van der Waals surface area contributed by atoms with Crippen molar-refractivity contribution in [3.05, 3.63) is 24.0 Å². The Bertz CT molecular complexity index is 307. The van der Waals surface area contributed by atoms with E-state index in [0.29, 0.717) is 17.1 Å². The van der Waals surface area contributed by atoms with Crippen LogP contribution < -0.4 is 0 Å². The van der Waals surface area contributed by atoms with Crippen molar-refractivity contribution in [2.45, 2.75) is 53.9 Å². The molecule has 1 nitrogen and oxygen atoms in total. The fraction of sp³-hybridized carbons (Fsp3) is 0.733. The third kappa shape index (κ3) is 2.50. The molecule has 1 heteroatoms. The summed E-state index contributed by atoms with van der Waals surface area (Å²) in [6.07, 6.45) is 5.73. The minimum absolute atomic E-state index is 0.146. The standard InChI is InChI=1S/C15H26O/c1-11-7-8-13(15(11,5)6)9-10-14(3,4)12(2)16/h7,13,16H,2,8-10H2,1,3-6H3. The fourth-order valence-electron chi connectivity index (χ4n) is 2.36. The third-order valence-corrected chi connectivity index (χ3v) is 4.64. The monoisotopic (exact) mass is 222 g/mol. The summed E-state index contributed by atoms with van der Waals surface area (Å²) in [5, 5.41) is 9.53. The first-order valence-electron chi connectivity index (χ1n) is 6.23. The molecule has 0 spiro atoms. The highest BCUT2D eigenvalue weighted by Crippen LogP contribution is 2.46. The van der Waals surface area contributed by atoms with Gasteiger partial charge in [0.15, 0.2) is 0 Å². The van der Waals surface area contributed by atoms with E-state index in [-0.39, 0.29) is 5.41 Å². The van der Waals surface area contributed by atoms with Gasteiger partial charge in [0.05, 0.1) is 5.76 Å². The molecule has 0 heterocycles. The molecule has 16 heavy (non-hydrogen) atoms. The van der Waals surface area contributed by atoms with E-state index in [0.717, 1.165) is 12.8 Å². The lowest BCUT2D eigenvalue weighted by molar-refractivity contribution is 0.199. The quantitative estimate of drug-likeness (QED) is 0.532. The Kier molecular flexibility index (Phi) is 3.56. The minimum atomic E-state index is -0.146. The van der Waals surface area contributed by atoms with Crippen molar-refractivity contribution in [3.8, 4) is 0 Å². The van der Waals surface area contributed by atoms with Gasteiger partial charge in [-0.25, -0.2) is 0 Å². The maximum absolute atomic E-state index is 9.53. The summed E-state index contributed by atoms with van der Waals surface area (Å²) >= 11 is 0. The highest BCUT2D eigenvalue weighted by atomic mass is 16.3. The van der Waals surface area contributed by atoms with Gasteiger partial charge in [-0.1, -0.05) is 45.9 Å². The first-order chi connectivity index (χ1) is 7.18. The van der Waals surface area contributed by atoms with E-state index in [4.69, 9.17) is 0 Å². The van der Waals surface area contributed by atoms with Gasteiger partial charge in [-0.3, -0.25) is 0 Å². The Morgan fingerprint density at radius 3 is 2.50 bits per heavy atom. The predicted molar refractivity (Wildman–Crippen MR) is 70.4 cm³/mol. The summed E-state index contributed by atoms with van der Waals surface area (Å²) in [4.78, 5) is 0. The van der Waals surface area contributed by atoms with Gasteiger partial charge < -0.3 is 5.11 Å². The summed E-state index contributed by atoms with van der Waals surface area (Å²) in [6, 6.07) is 0. The molecule has 0 aromatic carbocycles. The molecule has 1 unspecified atom stereocenters. The van der Waals surface area contributed by atoms with E-state index < -0.39 is 0 Å². The molecule has 0 bridgehead atoms. The van der Waals surface area contributed by atoms with Crippen LogP contribution in [0.4, 0.5) is 0 Å². The third-order valence-electron chi connectivity index (χ3n) is 4.64. The molecular weight excluding hydrogens is 196 g/mol. The van der Waals surface area contributed by atoms with Crippen LogP contribution >= 0.6 is 0 Å². The second-order valence-corrected chi connectivity index (χ2v) is 6.41. The molecule has 1 rings (SSSR count). The van der Waals surface area contributed by atoms with Crippen molar-refractivity contribution in [1.82, 2.24) is 0 Å². The Morgan fingerprint density at radius 1 is 1.56 bits per heavy atom. The summed E-state index contributed by atoms with van der Waals surface area (Å²) in [5.74, 6) is 1.03. The van der Waals surface area contributed by atoms with Gasteiger partial charge in [-0.05, 0) is 37.5 Å². The topological polar surface area (TPSA) is 20.2 Å². The van der Waals surface area contributed by atoms with Crippen LogP contribution in [0.25, 0.3) is 0 Å². The Morgan fingerprint density at radius 2 is 2.12 bits per heavy atom. The van der Waals surface area contributed by atoms with Crippen LogP contribution in [0.5, 0.6) is 0 Å². The Balaban J connectivity index is 2.56. The van der Waals surface area contributed by atoms with Gasteiger partial charge in [0.25, 0.3) is 0 Å². The smallest absolute Gasteiger partial charge is 0.0907 e. The Labute approximate surface area is 100 Å². The molecular formula is C15H26O. The van der Waals surface area contributed by atoms with E-state index in [2.05, 4.69) is 47.3 Å². The van der Waals surface area contributed by atoms with Crippen LogP contribution in [-0.2, 0) is 0 Å². The van der Waals surface area contributed by atoms with Crippen LogP contribution in [-0.4, -0.2) is 5.11 Å². The van der Waals surface area contributed by atoms with Crippen molar-refractivity contribution < 1.29 is 5.11 Å². The van der Waals surface area contributed by atoms with Crippen LogP contribution in [0.2, 0.25) is 0 Å². The second kappa shape index (κ2) is 4.27. The zero-order valence-corrected chi connectivity index (χ0v) is 11.4. The molecule has 0 aliphatic heterocycles. The van der Waals surface area contributed by atoms with E-state index >= 15 is 0 Å². The number of aliphatic hydroxyl groups is 1. The maximum atomic E-state index is 9.53. The molecule has 1 aliphatic carbocycles. The number of aliphatic hydroxyl groups excluding tert-OH is 1. The molecule has 0 fully saturated rings. The van der Waals surface area contributed by atoms with Crippen molar-refractivity contribution in [1.29, 1.82) is 0 Å². The molecule has 0 radical (unpaired) electrons. The van der Waals surface area contributed by atoms with Gasteiger partial charge in [0, 0.05) is 5.41 Å². The van der Waals surface area contributed by atoms with Crippen LogP contribution in [0.1, 0.15) is 53.9 Å². The van der Waals surface area contributed by atoms with Gasteiger partial charge in [0.2, 0.25) is 0 Å². The summed E-state index contributed by atoms with van der Waals surface area (Å²) in [7, 11) is 0. The lowest BCUT2D eigenvalue weighted by Gasteiger charge is -2.32. The molecule has 0 aromatic rings. The SMILES string of the molecule is C=C(O)C(C)(C)CCC1CC=C(C)C1(C)C. The Hall–Kier alpha value is -0.720. The summed E-state index contributed by atoms with van der Waals surface area (Å²) in [5.41, 5.74) is 1.69. The molecule has 0 aromatic heterocycles. The van der Waals surface area contributed by atoms with Crippen LogP contribution in [0.3, 0.4) is 0 Å². The highest BCUT2D eigenvalue weighted by molar-refractivity contribution is 5.18. The van der Waals surface area contributed by atoms with Crippen molar-refractivity contribution >= 4 is 0 Å². The average Bonchev–Trinajstić information content (AvgIpc) is 2.39. The molecule has 1 atom stereocenters. The van der Waals surface area contributed by atoms with Crippen molar-refractivity contribution in [2.75, 3.05) is 0 Å². The number of rotatable bonds is 4. The predicted octanol–water partition coefficient (Wildman–Crippen LogP) is 4.86. The van der Waals surface area contributed by atoms with E-state index in [1.54, 1.807) is 0 Å². The molecule has 1 N–H and O–H groups in total. The first kappa shape index (κ1) is 13.3. The maximum Gasteiger partial charge on any atom is 0.0907 e. The van der Waals surface area contributed by atoms with E-state index in [1.165, 1.54) is 12.0 Å². The zero-order valence-electron chi connectivity index (χ0n) is 11.4. The molecule has 1 aliphatic rings. The molecule has 0 saturated carbocycles. The number of allylic oxidation sites excluding steroid dienone is 3. The van der Waals surface area contributed by atoms with Crippen molar-refractivity contribution in [2.24, 2.45) is 16.7 Å². The zero-order chi connectivity index (χ0) is 12.6. The van der Waals surface area contributed by atoms with Crippen LogP contribution in [0.15, 0.2) is 24.0 Å². The normalized spacial score (nSPS) is 24.3. The van der Waals surface area contributed by atoms with Gasteiger partial charge >= 0.3 is 0 Å². The number of hydrogen-bond donors (Lipinski definition) is 1. The lowest BCUT2D eigenvalue weighted by atomic mass is 9.73. The second-order valence-electron chi connectivity index (χ2n) is 6.41. The molecule has 0 amide bonds. The van der Waals surface area contributed by atoms with Crippen LogP contribution in [0, 0.1) is 16.7 Å². The lowest BCUT2D eigenvalue weighted by Crippen LogP contribution is -2.23. The van der Waals surface area contributed by atoms with Gasteiger partial charge in [-0.2, -0.15) is 0 Å². The van der Waals surface area contributed by atoms with E-state index in [1.807, 2.05) is 0 Å². The first-order valence-corrected chi connectivity index (χ1v) is 6.23. The fourth-order valence-corrected chi connectivity index (χ4v) is 2.36. The van der Waals surface area contributed by atoms with Crippen molar-refractivity contribution in [3.63, 3.8) is 0 Å². The minimum Gasteiger partial charge on any atom is -0.512 e. The largest absolute Gasteiger partial charge is 0.512 e. The van der Waals surface area contributed by atoms with E-state index in [9.17, 15) is 5.11 Å². The number of hydrogen-bond acceptors (Lipinski definition) is 1. The summed E-state index contributed by atoms with van der Waals surface area (Å²) in [6.45, 7) is 14.7. The van der Waals surface area contributed by atoms with Gasteiger partial charge in [0.1, 0.15) is 0 Å². The molecule has 0 saturated heterocycles. The molecule has 92 valence electrons. The summed E-state index contributed by atoms with van der Waals surface area (Å²) < 4.78 is 0. The average molecular weight is 222 g/mol. The van der Waals surface area contributed by atoms with Gasteiger partial charge in [-0.15, -0.1) is 0 Å². The highest BCUT2D eigenvalue weighted by Gasteiger charge is 2.35.